The summed E-state index contributed by atoms with van der Waals surface area (Å²) in [5.74, 6) is -0.189. The molecule has 0 bridgehead atoms. The Balaban J connectivity index is 2.05. The van der Waals surface area contributed by atoms with Gasteiger partial charge in [0.2, 0.25) is 0 Å². The Morgan fingerprint density at radius 1 is 1.35 bits per heavy atom. The highest BCUT2D eigenvalue weighted by Crippen LogP contribution is 2.20. The number of nitrogens with zero attached hydrogens (tertiary/aromatic N) is 2. The van der Waals surface area contributed by atoms with Gasteiger partial charge in [0.25, 0.3) is 5.91 Å². The number of ether oxygens (including phenoxy) is 1. The van der Waals surface area contributed by atoms with Crippen LogP contribution in [0.3, 0.4) is 0 Å². The Kier molecular flexibility index (Phi) is 6.09. The van der Waals surface area contributed by atoms with Crippen LogP contribution in [0.1, 0.15) is 22.3 Å². The molecule has 6 heteroatoms. The second-order valence-corrected chi connectivity index (χ2v) is 4.85. The topological polar surface area (TPSA) is 87.0 Å². The SMILES string of the molecule is COCCCNC(=O)c1cncc(Nc2ccccc2C#N)c1. The van der Waals surface area contributed by atoms with E-state index < -0.39 is 0 Å². The van der Waals surface area contributed by atoms with Crippen molar-refractivity contribution >= 4 is 17.3 Å². The van der Waals surface area contributed by atoms with E-state index in [1.54, 1.807) is 37.6 Å². The van der Waals surface area contributed by atoms with E-state index in [1.807, 2.05) is 6.07 Å². The van der Waals surface area contributed by atoms with Crippen LogP contribution in [0.5, 0.6) is 0 Å². The van der Waals surface area contributed by atoms with Crippen LogP contribution < -0.4 is 10.6 Å². The van der Waals surface area contributed by atoms with Crippen molar-refractivity contribution < 1.29 is 9.53 Å². The monoisotopic (exact) mass is 310 g/mol. The van der Waals surface area contributed by atoms with Gasteiger partial charge in [0.05, 0.1) is 28.7 Å². The van der Waals surface area contributed by atoms with E-state index in [9.17, 15) is 4.79 Å². The summed E-state index contributed by atoms with van der Waals surface area (Å²) in [6.07, 6.45) is 3.87. The fourth-order valence-corrected chi connectivity index (χ4v) is 2.00. The Labute approximate surface area is 135 Å². The molecule has 1 amide bonds. The minimum Gasteiger partial charge on any atom is -0.385 e. The summed E-state index contributed by atoms with van der Waals surface area (Å²) in [7, 11) is 1.62. The highest BCUT2D eigenvalue weighted by Gasteiger charge is 2.07. The molecular weight excluding hydrogens is 292 g/mol. The van der Waals surface area contributed by atoms with Gasteiger partial charge < -0.3 is 15.4 Å². The van der Waals surface area contributed by atoms with Crippen molar-refractivity contribution in [3.05, 3.63) is 53.9 Å². The quantitative estimate of drug-likeness (QED) is 0.767. The summed E-state index contributed by atoms with van der Waals surface area (Å²) in [6.45, 7) is 1.15. The minimum atomic E-state index is -0.189. The van der Waals surface area contributed by atoms with E-state index in [1.165, 1.54) is 6.20 Å². The number of hydrogen-bond acceptors (Lipinski definition) is 5. The van der Waals surface area contributed by atoms with Gasteiger partial charge in [0.1, 0.15) is 6.07 Å². The van der Waals surface area contributed by atoms with Crippen LogP contribution in [0.25, 0.3) is 0 Å². The zero-order valence-electron chi connectivity index (χ0n) is 12.9. The van der Waals surface area contributed by atoms with Crippen LogP contribution in [0, 0.1) is 11.3 Å². The second kappa shape index (κ2) is 8.51. The number of methoxy groups -OCH3 is 1. The number of para-hydroxylation sites is 1. The fourth-order valence-electron chi connectivity index (χ4n) is 2.00. The zero-order chi connectivity index (χ0) is 16.5. The molecule has 0 spiro atoms. The predicted octanol–water partition coefficient (Wildman–Crippen LogP) is 2.46. The molecular formula is C17H18N4O2. The molecule has 0 radical (unpaired) electrons. The number of nitriles is 1. The molecule has 0 atom stereocenters. The highest BCUT2D eigenvalue weighted by atomic mass is 16.5. The lowest BCUT2D eigenvalue weighted by molar-refractivity contribution is 0.0948. The number of nitrogens with one attached hydrogen (secondary N) is 2. The molecule has 1 heterocycles. The fraction of sp³-hybridized carbons (Fsp3) is 0.235. The number of pyridine rings is 1. The zero-order valence-corrected chi connectivity index (χ0v) is 12.9. The lowest BCUT2D eigenvalue weighted by Gasteiger charge is -2.09. The van der Waals surface area contributed by atoms with E-state index in [4.69, 9.17) is 10.00 Å². The molecule has 6 nitrogen and oxygen atoms in total. The van der Waals surface area contributed by atoms with Crippen molar-refractivity contribution in [2.75, 3.05) is 25.6 Å². The lowest BCUT2D eigenvalue weighted by Crippen LogP contribution is -2.25. The van der Waals surface area contributed by atoms with Gasteiger partial charge in [0, 0.05) is 26.5 Å². The molecule has 23 heavy (non-hydrogen) atoms. The first-order chi connectivity index (χ1) is 11.2. The standard InChI is InChI=1S/C17H18N4O2/c1-23-8-4-7-20-17(22)14-9-15(12-19-11-14)21-16-6-3-2-5-13(16)10-18/h2-3,5-6,9,11-12,21H,4,7-8H2,1H3,(H,20,22). The number of hydrogen-bond donors (Lipinski definition) is 2. The number of benzene rings is 1. The normalized spacial score (nSPS) is 9.91. The summed E-state index contributed by atoms with van der Waals surface area (Å²) in [5, 5.41) is 15.0. The predicted molar refractivity (Wildman–Crippen MR) is 87.5 cm³/mol. The second-order valence-electron chi connectivity index (χ2n) is 4.85. The average molecular weight is 310 g/mol. The molecule has 0 aliphatic carbocycles. The molecule has 1 aromatic heterocycles. The third-order valence-corrected chi connectivity index (χ3v) is 3.14. The number of carbonyl (C=O) groups excluding carboxylic acids is 1. The Morgan fingerprint density at radius 3 is 2.96 bits per heavy atom. The van der Waals surface area contributed by atoms with Gasteiger partial charge in [-0.05, 0) is 24.6 Å². The van der Waals surface area contributed by atoms with Crippen molar-refractivity contribution in [1.29, 1.82) is 5.26 Å². The molecule has 2 aromatic rings. The molecule has 0 unspecified atom stereocenters. The van der Waals surface area contributed by atoms with Gasteiger partial charge in [-0.2, -0.15) is 5.26 Å². The van der Waals surface area contributed by atoms with Crippen molar-refractivity contribution in [3.8, 4) is 6.07 Å². The van der Waals surface area contributed by atoms with Crippen molar-refractivity contribution in [2.45, 2.75) is 6.42 Å². The maximum Gasteiger partial charge on any atom is 0.252 e. The number of amides is 1. The lowest BCUT2D eigenvalue weighted by atomic mass is 10.2. The Hall–Kier alpha value is -2.91. The van der Waals surface area contributed by atoms with E-state index in [0.29, 0.717) is 35.7 Å². The smallest absolute Gasteiger partial charge is 0.252 e. The first-order valence-electron chi connectivity index (χ1n) is 7.23. The molecule has 0 saturated carbocycles. The number of aromatic nitrogens is 1. The molecule has 2 rings (SSSR count). The van der Waals surface area contributed by atoms with Crippen LogP contribution >= 0.6 is 0 Å². The van der Waals surface area contributed by atoms with Crippen LogP contribution in [-0.4, -0.2) is 31.2 Å². The van der Waals surface area contributed by atoms with Crippen molar-refractivity contribution in [3.63, 3.8) is 0 Å². The van der Waals surface area contributed by atoms with Gasteiger partial charge in [0.15, 0.2) is 0 Å². The van der Waals surface area contributed by atoms with Crippen molar-refractivity contribution in [2.24, 2.45) is 0 Å². The Bertz CT molecular complexity index is 710. The first kappa shape index (κ1) is 16.5. The van der Waals surface area contributed by atoms with Gasteiger partial charge in [-0.25, -0.2) is 0 Å². The minimum absolute atomic E-state index is 0.189. The van der Waals surface area contributed by atoms with Gasteiger partial charge in [-0.3, -0.25) is 9.78 Å². The van der Waals surface area contributed by atoms with E-state index in [2.05, 4.69) is 21.7 Å². The van der Waals surface area contributed by atoms with Crippen molar-refractivity contribution in [1.82, 2.24) is 10.3 Å². The van der Waals surface area contributed by atoms with Crippen LogP contribution in [-0.2, 0) is 4.74 Å². The van der Waals surface area contributed by atoms with Crippen LogP contribution in [0.4, 0.5) is 11.4 Å². The molecule has 2 N–H and O–H groups in total. The van der Waals surface area contributed by atoms with E-state index in [-0.39, 0.29) is 5.91 Å². The molecule has 0 aliphatic heterocycles. The maximum absolute atomic E-state index is 12.1. The summed E-state index contributed by atoms with van der Waals surface area (Å²) >= 11 is 0. The summed E-state index contributed by atoms with van der Waals surface area (Å²) < 4.78 is 4.94. The third kappa shape index (κ3) is 4.80. The van der Waals surface area contributed by atoms with E-state index >= 15 is 0 Å². The largest absolute Gasteiger partial charge is 0.385 e. The average Bonchev–Trinajstić information content (AvgIpc) is 2.59. The third-order valence-electron chi connectivity index (χ3n) is 3.14. The van der Waals surface area contributed by atoms with E-state index in [0.717, 1.165) is 6.42 Å². The van der Waals surface area contributed by atoms with Crippen LogP contribution in [0.15, 0.2) is 42.7 Å². The summed E-state index contributed by atoms with van der Waals surface area (Å²) in [6, 6.07) is 11.0. The molecule has 0 aliphatic rings. The summed E-state index contributed by atoms with van der Waals surface area (Å²) in [4.78, 5) is 16.1. The number of anilines is 2. The van der Waals surface area contributed by atoms with Gasteiger partial charge in [-0.1, -0.05) is 12.1 Å². The summed E-state index contributed by atoms with van der Waals surface area (Å²) in [5.41, 5.74) is 2.32. The Morgan fingerprint density at radius 2 is 2.17 bits per heavy atom. The highest BCUT2D eigenvalue weighted by molar-refractivity contribution is 5.94. The van der Waals surface area contributed by atoms with Gasteiger partial charge in [-0.15, -0.1) is 0 Å². The number of carbonyl (C=O) groups is 1. The maximum atomic E-state index is 12.1. The van der Waals surface area contributed by atoms with Gasteiger partial charge >= 0.3 is 0 Å². The first-order valence-corrected chi connectivity index (χ1v) is 7.23. The molecule has 118 valence electrons. The molecule has 0 saturated heterocycles. The molecule has 1 aromatic carbocycles. The number of rotatable bonds is 7. The molecule has 0 fully saturated rings. The van der Waals surface area contributed by atoms with Crippen LogP contribution in [0.2, 0.25) is 0 Å².